The number of hydrazine groups is 1. The van der Waals surface area contributed by atoms with Crippen molar-refractivity contribution >= 4 is 23.2 Å². The van der Waals surface area contributed by atoms with Crippen LogP contribution in [-0.4, -0.2) is 22.5 Å². The topological polar surface area (TPSA) is 114 Å². The molecule has 0 aliphatic carbocycles. The molecule has 2 amide bonds. The van der Waals surface area contributed by atoms with Crippen LogP contribution in [0.3, 0.4) is 0 Å². The summed E-state index contributed by atoms with van der Waals surface area (Å²) in [6, 6.07) is 14.0. The average molecular weight is 356 g/mol. The Morgan fingerprint density at radius 2 is 1.85 bits per heavy atom. The van der Waals surface area contributed by atoms with Gasteiger partial charge in [0, 0.05) is 17.7 Å². The number of nitrogens with one attached hydrogen (secondary N) is 2. The molecular weight excluding hydrogens is 340 g/mol. The largest absolute Gasteiger partial charge is 0.285 e. The summed E-state index contributed by atoms with van der Waals surface area (Å²) < 4.78 is 0. The summed E-state index contributed by atoms with van der Waals surface area (Å²) in [5, 5.41) is 11.8. The first-order chi connectivity index (χ1) is 12.4. The lowest BCUT2D eigenvalue weighted by molar-refractivity contribution is -0.384. The molecule has 9 heteroatoms. The lowest BCUT2D eigenvalue weighted by atomic mass is 10.2. The monoisotopic (exact) mass is 356 g/mol. The molecule has 0 spiro atoms. The number of rotatable bonds is 5. The van der Waals surface area contributed by atoms with Crippen LogP contribution in [0.1, 0.15) is 23.7 Å². The van der Waals surface area contributed by atoms with Gasteiger partial charge in [-0.1, -0.05) is 18.2 Å². The number of amides is 2. The maximum atomic E-state index is 12.2. The Morgan fingerprint density at radius 1 is 1.19 bits per heavy atom. The van der Waals surface area contributed by atoms with E-state index in [9.17, 15) is 19.7 Å². The highest BCUT2D eigenvalue weighted by molar-refractivity contribution is 5.95. The summed E-state index contributed by atoms with van der Waals surface area (Å²) in [4.78, 5) is 40.1. The lowest BCUT2D eigenvalue weighted by Crippen LogP contribution is -2.52. The predicted octanol–water partition coefficient (Wildman–Crippen LogP) is 1.91. The van der Waals surface area contributed by atoms with Gasteiger partial charge in [-0.15, -0.1) is 0 Å². The van der Waals surface area contributed by atoms with Crippen molar-refractivity contribution < 1.29 is 19.3 Å². The molecule has 0 bridgehead atoms. The molecular formula is C17H16N4O5. The van der Waals surface area contributed by atoms with Gasteiger partial charge >= 0.3 is 0 Å². The van der Waals surface area contributed by atoms with E-state index in [4.69, 9.17) is 4.84 Å². The number of anilines is 1. The zero-order valence-electron chi connectivity index (χ0n) is 13.8. The van der Waals surface area contributed by atoms with Crippen LogP contribution in [0.5, 0.6) is 0 Å². The van der Waals surface area contributed by atoms with E-state index in [0.717, 1.165) is 0 Å². The molecule has 0 saturated carbocycles. The number of nitro benzene ring substituents is 1. The zero-order valence-corrected chi connectivity index (χ0v) is 13.8. The normalized spacial score (nSPS) is 19.4. The fourth-order valence-electron chi connectivity index (χ4n) is 2.47. The van der Waals surface area contributed by atoms with Crippen LogP contribution in [0.25, 0.3) is 0 Å². The van der Waals surface area contributed by atoms with Gasteiger partial charge in [-0.05, 0) is 31.2 Å². The second kappa shape index (κ2) is 6.90. The molecule has 1 heterocycles. The van der Waals surface area contributed by atoms with Gasteiger partial charge in [0.25, 0.3) is 17.5 Å². The maximum absolute atomic E-state index is 12.2. The molecule has 26 heavy (non-hydrogen) atoms. The van der Waals surface area contributed by atoms with Crippen LogP contribution in [0, 0.1) is 10.1 Å². The zero-order chi connectivity index (χ0) is 18.7. The number of carbonyl (C=O) groups excluding carboxylic acids is 2. The molecule has 2 N–H and O–H groups in total. The quantitative estimate of drug-likeness (QED) is 0.625. The van der Waals surface area contributed by atoms with Gasteiger partial charge in [0.15, 0.2) is 5.72 Å². The van der Waals surface area contributed by atoms with Crippen molar-refractivity contribution in [2.45, 2.75) is 19.1 Å². The Balaban J connectivity index is 1.63. The maximum Gasteiger partial charge on any atom is 0.269 e. The van der Waals surface area contributed by atoms with Crippen molar-refractivity contribution in [1.82, 2.24) is 10.9 Å². The number of hydroxylamine groups is 1. The second-order valence-corrected chi connectivity index (χ2v) is 5.91. The molecule has 1 atom stereocenters. The average Bonchev–Trinajstić information content (AvgIpc) is 2.95. The van der Waals surface area contributed by atoms with E-state index >= 15 is 0 Å². The van der Waals surface area contributed by atoms with Gasteiger partial charge in [0.05, 0.1) is 17.0 Å². The van der Waals surface area contributed by atoms with E-state index in [1.165, 1.54) is 29.3 Å². The van der Waals surface area contributed by atoms with Crippen molar-refractivity contribution in [1.29, 1.82) is 0 Å². The Labute approximate surface area is 148 Å². The number of benzene rings is 2. The highest BCUT2D eigenvalue weighted by Crippen LogP contribution is 2.28. The Bertz CT molecular complexity index is 840. The van der Waals surface area contributed by atoms with Crippen LogP contribution >= 0.6 is 0 Å². The van der Waals surface area contributed by atoms with Crippen LogP contribution in [0.15, 0.2) is 54.6 Å². The van der Waals surface area contributed by atoms with E-state index in [-0.39, 0.29) is 23.6 Å². The van der Waals surface area contributed by atoms with E-state index in [1.54, 1.807) is 31.2 Å². The van der Waals surface area contributed by atoms with Crippen LogP contribution in [0.4, 0.5) is 11.4 Å². The number of nitrogens with zero attached hydrogens (tertiary/aromatic N) is 2. The molecule has 3 rings (SSSR count). The fraction of sp³-hybridized carbons (Fsp3) is 0.176. The summed E-state index contributed by atoms with van der Waals surface area (Å²) >= 11 is 0. The van der Waals surface area contributed by atoms with Gasteiger partial charge in [-0.2, -0.15) is 5.06 Å². The molecule has 9 nitrogen and oxygen atoms in total. The van der Waals surface area contributed by atoms with Gasteiger partial charge in [-0.3, -0.25) is 25.1 Å². The van der Waals surface area contributed by atoms with E-state index in [0.29, 0.717) is 5.69 Å². The molecule has 0 radical (unpaired) electrons. The first kappa shape index (κ1) is 17.5. The lowest BCUT2D eigenvalue weighted by Gasteiger charge is -2.25. The Morgan fingerprint density at radius 3 is 2.46 bits per heavy atom. The first-order valence-corrected chi connectivity index (χ1v) is 7.77. The van der Waals surface area contributed by atoms with Crippen molar-refractivity contribution in [2.75, 3.05) is 5.06 Å². The summed E-state index contributed by atoms with van der Waals surface area (Å²) in [5.41, 5.74) is 4.76. The van der Waals surface area contributed by atoms with Gasteiger partial charge in [0.2, 0.25) is 0 Å². The van der Waals surface area contributed by atoms with Gasteiger partial charge in [-0.25, -0.2) is 10.3 Å². The molecule has 1 aliphatic heterocycles. The highest BCUT2D eigenvalue weighted by atomic mass is 16.7. The molecule has 0 aromatic heterocycles. The smallest absolute Gasteiger partial charge is 0.269 e. The number of non-ortho nitro benzene ring substituents is 1. The molecule has 134 valence electrons. The predicted molar refractivity (Wildman–Crippen MR) is 91.7 cm³/mol. The van der Waals surface area contributed by atoms with Crippen LogP contribution in [0.2, 0.25) is 0 Å². The number of carbonyl (C=O) groups is 2. The van der Waals surface area contributed by atoms with Gasteiger partial charge < -0.3 is 0 Å². The third kappa shape index (κ3) is 3.68. The number of para-hydroxylation sites is 1. The number of nitro groups is 1. The molecule has 1 aliphatic rings. The number of hydrogen-bond donors (Lipinski definition) is 2. The minimum absolute atomic E-state index is 0.0163. The van der Waals surface area contributed by atoms with E-state index in [2.05, 4.69) is 10.9 Å². The van der Waals surface area contributed by atoms with Gasteiger partial charge in [0.1, 0.15) is 0 Å². The standard InChI is InChI=1S/C17H16N4O5/c1-17(11-15(22)20(26-17)13-5-3-2-4-6-13)19-18-16(23)12-7-9-14(10-8-12)21(24)25/h2-10,19H,11H2,1H3,(H,18,23)/t17-/m0/s1. The minimum Gasteiger partial charge on any atom is -0.285 e. The van der Waals surface area contributed by atoms with Crippen molar-refractivity contribution in [2.24, 2.45) is 0 Å². The summed E-state index contributed by atoms with van der Waals surface area (Å²) in [5.74, 6) is -0.758. The molecule has 2 aromatic carbocycles. The van der Waals surface area contributed by atoms with Crippen LogP contribution < -0.4 is 15.9 Å². The Hall–Kier alpha value is -3.30. The molecule has 2 aromatic rings. The minimum atomic E-state index is -1.12. The van der Waals surface area contributed by atoms with Crippen molar-refractivity contribution in [3.05, 3.63) is 70.3 Å². The third-order valence-electron chi connectivity index (χ3n) is 3.78. The highest BCUT2D eigenvalue weighted by Gasteiger charge is 2.42. The SMILES string of the molecule is C[C@@]1(NNC(=O)c2ccc([N+](=O)[O-])cc2)CC(=O)N(c2ccccc2)O1. The number of hydrogen-bond acceptors (Lipinski definition) is 6. The van der Waals surface area contributed by atoms with Crippen molar-refractivity contribution in [3.8, 4) is 0 Å². The third-order valence-corrected chi connectivity index (χ3v) is 3.78. The van der Waals surface area contributed by atoms with E-state index < -0.39 is 16.6 Å². The Kier molecular flexibility index (Phi) is 4.65. The fourth-order valence-corrected chi connectivity index (χ4v) is 2.47. The summed E-state index contributed by atoms with van der Waals surface area (Å²) in [7, 11) is 0. The first-order valence-electron chi connectivity index (χ1n) is 7.77. The van der Waals surface area contributed by atoms with E-state index in [1.807, 2.05) is 6.07 Å². The van der Waals surface area contributed by atoms with Crippen molar-refractivity contribution in [3.63, 3.8) is 0 Å². The second-order valence-electron chi connectivity index (χ2n) is 5.91. The summed E-state index contributed by atoms with van der Waals surface area (Å²) in [6.07, 6.45) is 0.0163. The molecule has 1 saturated heterocycles. The summed E-state index contributed by atoms with van der Waals surface area (Å²) in [6.45, 7) is 1.63. The van der Waals surface area contributed by atoms with Crippen LogP contribution in [-0.2, 0) is 9.63 Å². The molecule has 0 unspecified atom stereocenters. The molecule has 1 fully saturated rings.